The largest absolute Gasteiger partial charge is 0.279 e. The van der Waals surface area contributed by atoms with Crippen molar-refractivity contribution < 1.29 is 0 Å². The van der Waals surface area contributed by atoms with E-state index in [2.05, 4.69) is 81.5 Å². The SMILES string of the molecule is C/C=C\C=C(/C)C1=CC(C)=NC2C1=CC=C1C(C3=CCCC=C3)=CC(C)=NC12. The molecule has 4 rings (SSSR count). The molecule has 2 nitrogen and oxygen atoms in total. The van der Waals surface area contributed by atoms with Crippen LogP contribution in [0.4, 0.5) is 0 Å². The lowest BCUT2D eigenvalue weighted by Gasteiger charge is -2.36. The van der Waals surface area contributed by atoms with Crippen molar-refractivity contribution in [3.8, 4) is 0 Å². The average Bonchev–Trinajstić information content (AvgIpc) is 2.71. The van der Waals surface area contributed by atoms with Crippen LogP contribution in [0.3, 0.4) is 0 Å². The Morgan fingerprint density at radius 3 is 2.43 bits per heavy atom. The molecule has 0 saturated carbocycles. The summed E-state index contributed by atoms with van der Waals surface area (Å²) in [6.07, 6.45) is 24.5. The molecule has 142 valence electrons. The maximum absolute atomic E-state index is 5.04. The third-order valence-corrected chi connectivity index (χ3v) is 5.66. The summed E-state index contributed by atoms with van der Waals surface area (Å²) >= 11 is 0. The van der Waals surface area contributed by atoms with Gasteiger partial charge in [-0.2, -0.15) is 0 Å². The van der Waals surface area contributed by atoms with Crippen molar-refractivity contribution in [2.24, 2.45) is 9.98 Å². The smallest absolute Gasteiger partial charge is 0.102 e. The number of hydrogen-bond acceptors (Lipinski definition) is 2. The van der Waals surface area contributed by atoms with E-state index in [-0.39, 0.29) is 12.1 Å². The van der Waals surface area contributed by atoms with E-state index < -0.39 is 0 Å². The third kappa shape index (κ3) is 3.40. The summed E-state index contributed by atoms with van der Waals surface area (Å²) in [6.45, 7) is 8.43. The standard InChI is InChI=1S/C26H28N2/c1-5-6-10-17(2)23-15-18(3)27-25-21(23)13-14-22-24(16-19(4)28-26(22)25)20-11-8-7-9-12-20/h5-6,8,10-16,25-26H,7,9H2,1-4H3/b6-5-,17-10+. The van der Waals surface area contributed by atoms with Gasteiger partial charge in [0, 0.05) is 11.4 Å². The first-order chi connectivity index (χ1) is 13.6. The third-order valence-electron chi connectivity index (χ3n) is 5.66. The Hall–Kier alpha value is -2.74. The fraction of sp³-hybridized carbons (Fsp3) is 0.308. The fourth-order valence-electron chi connectivity index (χ4n) is 4.33. The van der Waals surface area contributed by atoms with Crippen LogP contribution in [-0.4, -0.2) is 23.5 Å². The van der Waals surface area contributed by atoms with Crippen LogP contribution in [0.2, 0.25) is 0 Å². The van der Waals surface area contributed by atoms with Crippen molar-refractivity contribution in [2.75, 3.05) is 0 Å². The Morgan fingerprint density at radius 2 is 1.71 bits per heavy atom. The molecule has 0 aromatic carbocycles. The second-order valence-electron chi connectivity index (χ2n) is 7.81. The van der Waals surface area contributed by atoms with E-state index in [1.54, 1.807) is 0 Å². The molecule has 0 bridgehead atoms. The van der Waals surface area contributed by atoms with E-state index in [4.69, 9.17) is 9.98 Å². The number of aliphatic imine (C=N–C) groups is 2. The molecule has 0 aromatic heterocycles. The Balaban J connectivity index is 1.80. The van der Waals surface area contributed by atoms with Gasteiger partial charge in [-0.15, -0.1) is 0 Å². The van der Waals surface area contributed by atoms with E-state index in [1.165, 1.54) is 33.4 Å². The van der Waals surface area contributed by atoms with Gasteiger partial charge in [-0.3, -0.25) is 9.98 Å². The lowest BCUT2D eigenvalue weighted by atomic mass is 9.76. The molecule has 0 spiro atoms. The summed E-state index contributed by atoms with van der Waals surface area (Å²) in [5, 5.41) is 0. The first kappa shape index (κ1) is 18.6. The van der Waals surface area contributed by atoms with Crippen molar-refractivity contribution in [1.82, 2.24) is 0 Å². The number of hydrogen-bond donors (Lipinski definition) is 0. The molecule has 2 atom stereocenters. The molecule has 0 amide bonds. The van der Waals surface area contributed by atoms with E-state index >= 15 is 0 Å². The Bertz CT molecular complexity index is 997. The predicted octanol–water partition coefficient (Wildman–Crippen LogP) is 6.19. The zero-order chi connectivity index (χ0) is 19.7. The van der Waals surface area contributed by atoms with Crippen LogP contribution in [0.15, 0.2) is 104 Å². The zero-order valence-electron chi connectivity index (χ0n) is 17.2. The molecule has 2 aliphatic carbocycles. The van der Waals surface area contributed by atoms with Crippen LogP contribution in [0, 0.1) is 0 Å². The minimum Gasteiger partial charge on any atom is -0.279 e. The number of rotatable bonds is 3. The van der Waals surface area contributed by atoms with Crippen molar-refractivity contribution in [1.29, 1.82) is 0 Å². The van der Waals surface area contributed by atoms with Gasteiger partial charge in [-0.25, -0.2) is 0 Å². The van der Waals surface area contributed by atoms with Crippen LogP contribution in [0.1, 0.15) is 40.5 Å². The lowest BCUT2D eigenvalue weighted by molar-refractivity contribution is 0.645. The average molecular weight is 369 g/mol. The van der Waals surface area contributed by atoms with Gasteiger partial charge in [0.1, 0.15) is 12.1 Å². The highest BCUT2D eigenvalue weighted by atomic mass is 14.9. The summed E-state index contributed by atoms with van der Waals surface area (Å²) < 4.78 is 0. The topological polar surface area (TPSA) is 24.7 Å². The fourth-order valence-corrected chi connectivity index (χ4v) is 4.33. The Morgan fingerprint density at radius 1 is 1.00 bits per heavy atom. The monoisotopic (exact) mass is 368 g/mol. The molecule has 2 heterocycles. The molecule has 0 N–H and O–H groups in total. The molecule has 2 unspecified atom stereocenters. The molecule has 2 aliphatic heterocycles. The molecule has 0 saturated heterocycles. The molecule has 0 fully saturated rings. The summed E-state index contributed by atoms with van der Waals surface area (Å²) in [5.41, 5.74) is 9.93. The lowest BCUT2D eigenvalue weighted by Crippen LogP contribution is -2.36. The summed E-state index contributed by atoms with van der Waals surface area (Å²) in [4.78, 5) is 10.1. The minimum atomic E-state index is 0.0563. The van der Waals surface area contributed by atoms with E-state index in [9.17, 15) is 0 Å². The van der Waals surface area contributed by atoms with E-state index in [0.717, 1.165) is 24.3 Å². The van der Waals surface area contributed by atoms with Crippen molar-refractivity contribution in [3.05, 3.63) is 94.2 Å². The van der Waals surface area contributed by atoms with Gasteiger partial charge in [0.2, 0.25) is 0 Å². The Kier molecular flexibility index (Phi) is 5.13. The molecule has 0 radical (unpaired) electrons. The quantitative estimate of drug-likeness (QED) is 0.531. The highest BCUT2D eigenvalue weighted by Gasteiger charge is 2.37. The first-order valence-electron chi connectivity index (χ1n) is 10.2. The molecular weight excluding hydrogens is 340 g/mol. The molecule has 28 heavy (non-hydrogen) atoms. The molecule has 0 aromatic rings. The van der Waals surface area contributed by atoms with Crippen LogP contribution in [-0.2, 0) is 0 Å². The van der Waals surface area contributed by atoms with Crippen LogP contribution in [0.25, 0.3) is 0 Å². The normalized spacial score (nSPS) is 27.0. The van der Waals surface area contributed by atoms with Gasteiger partial charge in [0.15, 0.2) is 0 Å². The maximum Gasteiger partial charge on any atom is 0.102 e. The molecule has 2 heteroatoms. The van der Waals surface area contributed by atoms with Gasteiger partial charge >= 0.3 is 0 Å². The Labute approximate surface area is 168 Å². The highest BCUT2D eigenvalue weighted by Crippen LogP contribution is 2.41. The van der Waals surface area contributed by atoms with Crippen LogP contribution < -0.4 is 0 Å². The van der Waals surface area contributed by atoms with Gasteiger partial charge < -0.3 is 0 Å². The first-order valence-corrected chi connectivity index (χ1v) is 10.2. The van der Waals surface area contributed by atoms with Crippen molar-refractivity contribution in [3.63, 3.8) is 0 Å². The van der Waals surface area contributed by atoms with Crippen LogP contribution >= 0.6 is 0 Å². The van der Waals surface area contributed by atoms with Gasteiger partial charge in [-0.1, -0.05) is 48.6 Å². The number of allylic oxidation sites excluding steroid dienone is 12. The molecular formula is C26H28N2. The van der Waals surface area contributed by atoms with E-state index in [1.807, 2.05) is 6.92 Å². The number of dihydropyridines is 2. The second kappa shape index (κ2) is 7.71. The van der Waals surface area contributed by atoms with Gasteiger partial charge in [0.25, 0.3) is 0 Å². The van der Waals surface area contributed by atoms with Crippen molar-refractivity contribution in [2.45, 2.75) is 52.6 Å². The van der Waals surface area contributed by atoms with Gasteiger partial charge in [-0.05, 0) is 86.1 Å². The summed E-state index contributed by atoms with van der Waals surface area (Å²) in [6, 6.07) is 0.116. The minimum absolute atomic E-state index is 0.0563. The summed E-state index contributed by atoms with van der Waals surface area (Å²) in [5.74, 6) is 0. The number of fused-ring (bicyclic) bond motifs is 3. The van der Waals surface area contributed by atoms with Crippen molar-refractivity contribution >= 4 is 11.4 Å². The molecule has 4 aliphatic rings. The predicted molar refractivity (Wildman–Crippen MR) is 121 cm³/mol. The zero-order valence-corrected chi connectivity index (χ0v) is 17.2. The van der Waals surface area contributed by atoms with E-state index in [0.29, 0.717) is 0 Å². The summed E-state index contributed by atoms with van der Waals surface area (Å²) in [7, 11) is 0. The maximum atomic E-state index is 5.04. The highest BCUT2D eigenvalue weighted by molar-refractivity contribution is 5.99. The van der Waals surface area contributed by atoms with Gasteiger partial charge in [0.05, 0.1) is 0 Å². The van der Waals surface area contributed by atoms with Crippen LogP contribution in [0.5, 0.6) is 0 Å². The number of nitrogens with zero attached hydrogens (tertiary/aromatic N) is 2. The second-order valence-corrected chi connectivity index (χ2v) is 7.81.